The van der Waals surface area contributed by atoms with Crippen LogP contribution in [0.2, 0.25) is 0 Å². The molecule has 86 heavy (non-hydrogen) atoms. The van der Waals surface area contributed by atoms with E-state index in [1.165, 1.54) is 141 Å². The number of likely N-dealkylation sites (N-methyl/N-ethyl adjacent to an activating group) is 1. The second-order valence-corrected chi connectivity index (χ2v) is 25.5. The lowest BCUT2D eigenvalue weighted by Gasteiger charge is -2.29. The molecule has 0 aromatic carbocycles. The fraction of sp³-hybridized carbons (Fsp3) is 0.649. The Bertz CT molecular complexity index is 1960. The largest absolute Gasteiger partial charge is 0.756 e. The summed E-state index contributed by atoms with van der Waals surface area (Å²) < 4.78 is 23.4. The monoisotopic (exact) mass is 1210 g/mol. The summed E-state index contributed by atoms with van der Waals surface area (Å²) in [5.74, 6) is -0.258. The molecule has 9 heteroatoms. The molecular formula is C77H131N2O6P. The topological polar surface area (TPSA) is 108 Å². The first kappa shape index (κ1) is 82.1. The molecule has 0 fully saturated rings. The van der Waals surface area contributed by atoms with Crippen LogP contribution in [0.1, 0.15) is 271 Å². The molecule has 0 radical (unpaired) electrons. The van der Waals surface area contributed by atoms with Crippen molar-refractivity contribution < 1.29 is 32.9 Å². The van der Waals surface area contributed by atoms with E-state index in [0.29, 0.717) is 23.9 Å². The number of nitrogens with one attached hydrogen (secondary N) is 1. The highest BCUT2D eigenvalue weighted by Gasteiger charge is 2.23. The van der Waals surface area contributed by atoms with E-state index in [9.17, 15) is 19.4 Å². The Morgan fingerprint density at radius 2 is 0.721 bits per heavy atom. The molecule has 3 unspecified atom stereocenters. The van der Waals surface area contributed by atoms with Crippen LogP contribution in [0.25, 0.3) is 0 Å². The highest BCUT2D eigenvalue weighted by molar-refractivity contribution is 7.45. The van der Waals surface area contributed by atoms with Gasteiger partial charge in [-0.15, -0.1) is 0 Å². The van der Waals surface area contributed by atoms with Crippen LogP contribution in [0.3, 0.4) is 0 Å². The Morgan fingerprint density at radius 3 is 1.08 bits per heavy atom. The van der Waals surface area contributed by atoms with E-state index in [2.05, 4.69) is 165 Å². The standard InChI is InChI=1S/C77H131N2O6P/c1-6-8-10-12-14-16-18-20-22-24-26-28-30-32-34-36-38-39-41-43-45-47-49-51-53-55-57-59-61-63-65-67-69-71-77(81)78-75(74-85-86(82,83)84-73-72-79(3,4)5)76(80)70-68-66-64-62-60-58-56-54-52-50-48-46-44-42-40-37-35-33-31-29-27-25-23-21-19-17-15-13-11-9-7-2/h8,10,14,16,20,22,26,28,32,34,38-39,43,45,49,51-52,54-55,57,60-63,68,70,75-76,80H,6-7,9,11-13,15,17-19,21,23-25,27,29-31,33,35-37,40-42,44,46-48,50,53,56,58-59,64-67,69,71-74H2,1-5H3,(H-,78,81,82,83)/b10-8-,16-14-,22-20-,28-26-,34-32-,39-38-,45-43-,51-49-,54-52+,57-55-,62-60+,63-61-,70-68+. The minimum Gasteiger partial charge on any atom is -0.756 e. The van der Waals surface area contributed by atoms with Gasteiger partial charge in [-0.3, -0.25) is 9.36 Å². The number of hydrogen-bond acceptors (Lipinski definition) is 6. The second kappa shape index (κ2) is 65.6. The number of phosphoric ester groups is 1. The molecule has 8 nitrogen and oxygen atoms in total. The SMILES string of the molecule is CC/C=C\C/C=C\C/C=C\C/C=C\C/C=C\C/C=C\C/C=C\C/C=C\C/C=C\C/C=C\CCCCC(=O)NC(COP(=O)([O-])OCC[N+](C)(C)C)C(O)/C=C/CC/C=C/CC/C=C/CCCCCCCCCCCCCCCCCCCCCCC. The zero-order chi connectivity index (χ0) is 62.6. The summed E-state index contributed by atoms with van der Waals surface area (Å²) in [6.45, 7) is 4.47. The molecule has 3 atom stereocenters. The molecule has 1 amide bonds. The van der Waals surface area contributed by atoms with Gasteiger partial charge in [0.05, 0.1) is 39.9 Å². The second-order valence-electron chi connectivity index (χ2n) is 24.1. The van der Waals surface area contributed by atoms with Crippen molar-refractivity contribution in [2.75, 3.05) is 40.9 Å². The highest BCUT2D eigenvalue weighted by atomic mass is 31.2. The number of nitrogens with zero attached hydrogens (tertiary/aromatic N) is 1. The number of carbonyl (C=O) groups excluding carboxylic acids is 1. The van der Waals surface area contributed by atoms with Crippen LogP contribution >= 0.6 is 7.82 Å². The van der Waals surface area contributed by atoms with Gasteiger partial charge in [-0.25, -0.2) is 0 Å². The van der Waals surface area contributed by atoms with Crippen molar-refractivity contribution in [1.82, 2.24) is 5.32 Å². The maximum atomic E-state index is 13.0. The summed E-state index contributed by atoms with van der Waals surface area (Å²) in [5.41, 5.74) is 0. The first-order valence-corrected chi connectivity index (χ1v) is 36.3. The number of aliphatic hydroxyl groups excluding tert-OH is 1. The summed E-state index contributed by atoms with van der Waals surface area (Å²) >= 11 is 0. The van der Waals surface area contributed by atoms with E-state index < -0.39 is 26.6 Å². The molecule has 0 aliphatic heterocycles. The van der Waals surface area contributed by atoms with E-state index in [-0.39, 0.29) is 18.9 Å². The van der Waals surface area contributed by atoms with Gasteiger partial charge in [0.1, 0.15) is 13.2 Å². The number of allylic oxidation sites excluding steroid dienone is 25. The normalized spacial score (nSPS) is 14.6. The van der Waals surface area contributed by atoms with Crippen LogP contribution in [0.5, 0.6) is 0 Å². The number of amides is 1. The lowest BCUT2D eigenvalue weighted by molar-refractivity contribution is -0.870. The molecule has 2 N–H and O–H groups in total. The molecule has 0 aromatic rings. The third-order valence-corrected chi connectivity index (χ3v) is 15.7. The first-order chi connectivity index (χ1) is 42.0. The van der Waals surface area contributed by atoms with Crippen molar-refractivity contribution in [3.8, 4) is 0 Å². The van der Waals surface area contributed by atoms with Crippen LogP contribution in [-0.4, -0.2) is 68.5 Å². The quantitative estimate of drug-likeness (QED) is 0.0272. The van der Waals surface area contributed by atoms with Crippen LogP contribution < -0.4 is 10.2 Å². The van der Waals surface area contributed by atoms with Crippen LogP contribution in [0.4, 0.5) is 0 Å². The number of carbonyl (C=O) groups is 1. The fourth-order valence-electron chi connectivity index (χ4n) is 9.33. The molecule has 0 saturated carbocycles. The molecule has 0 bridgehead atoms. The Hall–Kier alpha value is -3.88. The van der Waals surface area contributed by atoms with Gasteiger partial charge < -0.3 is 28.8 Å². The molecule has 0 aliphatic carbocycles. The fourth-order valence-corrected chi connectivity index (χ4v) is 10.1. The van der Waals surface area contributed by atoms with Crippen molar-refractivity contribution in [2.24, 2.45) is 0 Å². The van der Waals surface area contributed by atoms with E-state index >= 15 is 0 Å². The molecular weight excluding hydrogens is 1080 g/mol. The van der Waals surface area contributed by atoms with Crippen LogP contribution in [0.15, 0.2) is 158 Å². The summed E-state index contributed by atoms with van der Waals surface area (Å²) in [5, 5.41) is 13.9. The number of phosphoric acid groups is 1. The minimum atomic E-state index is -4.64. The van der Waals surface area contributed by atoms with E-state index in [0.717, 1.165) is 96.3 Å². The van der Waals surface area contributed by atoms with E-state index in [1.807, 2.05) is 27.2 Å². The van der Waals surface area contributed by atoms with Crippen LogP contribution in [0, 0.1) is 0 Å². The predicted octanol–water partition coefficient (Wildman–Crippen LogP) is 21.9. The molecule has 0 heterocycles. The Labute approximate surface area is 531 Å². The number of quaternary nitrogens is 1. The number of hydrogen-bond donors (Lipinski definition) is 2. The van der Waals surface area contributed by atoms with Gasteiger partial charge >= 0.3 is 0 Å². The molecule has 0 saturated heterocycles. The van der Waals surface area contributed by atoms with Gasteiger partial charge in [0.15, 0.2) is 0 Å². The highest BCUT2D eigenvalue weighted by Crippen LogP contribution is 2.38. The van der Waals surface area contributed by atoms with E-state index in [4.69, 9.17) is 9.05 Å². The Balaban J connectivity index is 4.30. The van der Waals surface area contributed by atoms with Crippen molar-refractivity contribution in [3.63, 3.8) is 0 Å². The van der Waals surface area contributed by atoms with Gasteiger partial charge in [-0.1, -0.05) is 300 Å². The van der Waals surface area contributed by atoms with Gasteiger partial charge in [-0.05, 0) is 122 Å². The molecule has 0 spiro atoms. The zero-order valence-corrected chi connectivity index (χ0v) is 56.8. The Kier molecular flexibility index (Phi) is 62.6. The number of rotatable bonds is 62. The maximum Gasteiger partial charge on any atom is 0.268 e. The van der Waals surface area contributed by atoms with E-state index in [1.54, 1.807) is 6.08 Å². The molecule has 0 rings (SSSR count). The summed E-state index contributed by atoms with van der Waals surface area (Å²) in [6, 6.07) is -0.948. The zero-order valence-electron chi connectivity index (χ0n) is 56.0. The van der Waals surface area contributed by atoms with Gasteiger partial charge in [0, 0.05) is 6.42 Å². The molecule has 0 aromatic heterocycles. The average molecular weight is 1210 g/mol. The first-order valence-electron chi connectivity index (χ1n) is 34.8. The lowest BCUT2D eigenvalue weighted by atomic mass is 10.0. The van der Waals surface area contributed by atoms with Gasteiger partial charge in [0.25, 0.3) is 7.82 Å². The number of aliphatic hydroxyl groups is 1. The third kappa shape index (κ3) is 67.6. The summed E-state index contributed by atoms with van der Waals surface area (Å²) in [4.78, 5) is 25.6. The van der Waals surface area contributed by atoms with Gasteiger partial charge in [0.2, 0.25) is 5.91 Å². The molecule has 490 valence electrons. The van der Waals surface area contributed by atoms with Crippen molar-refractivity contribution in [2.45, 2.75) is 283 Å². The van der Waals surface area contributed by atoms with Crippen LogP contribution in [-0.2, 0) is 18.4 Å². The smallest absolute Gasteiger partial charge is 0.268 e. The number of unbranched alkanes of at least 4 members (excludes halogenated alkanes) is 25. The maximum absolute atomic E-state index is 13.0. The summed E-state index contributed by atoms with van der Waals surface area (Å²) in [7, 11) is 1.18. The summed E-state index contributed by atoms with van der Waals surface area (Å²) in [6.07, 6.45) is 102. The van der Waals surface area contributed by atoms with Crippen molar-refractivity contribution in [3.05, 3.63) is 158 Å². The van der Waals surface area contributed by atoms with Gasteiger partial charge in [-0.2, -0.15) is 0 Å². The predicted molar refractivity (Wildman–Crippen MR) is 375 cm³/mol. The Morgan fingerprint density at radius 1 is 0.419 bits per heavy atom. The molecule has 0 aliphatic rings. The average Bonchev–Trinajstić information content (AvgIpc) is 3.70. The van der Waals surface area contributed by atoms with Crippen molar-refractivity contribution >= 4 is 13.7 Å². The third-order valence-electron chi connectivity index (χ3n) is 14.7. The lowest BCUT2D eigenvalue weighted by Crippen LogP contribution is -2.45. The minimum absolute atomic E-state index is 0.0267. The van der Waals surface area contributed by atoms with Crippen molar-refractivity contribution in [1.29, 1.82) is 0 Å².